The van der Waals surface area contributed by atoms with Crippen LogP contribution < -0.4 is 16.2 Å². The van der Waals surface area contributed by atoms with E-state index in [0.29, 0.717) is 5.69 Å². The summed E-state index contributed by atoms with van der Waals surface area (Å²) < 4.78 is 10.5. The Kier molecular flexibility index (Phi) is 7.93. The standard InChI is InChI=1S/C19H30N4O6/c1-11-10-13(24)22-16(20-11)23-17(27)21-12(15(26)29-19(5,6)7)8-9-14(25)28-18(2,3)4/h10,12H,8-9H2,1-7H3,(H3,20,21,22,23,24,27)/t12-/m0/s1. The third-order valence-electron chi connectivity index (χ3n) is 3.16. The van der Waals surface area contributed by atoms with E-state index in [9.17, 15) is 19.2 Å². The summed E-state index contributed by atoms with van der Waals surface area (Å²) in [6.45, 7) is 11.9. The van der Waals surface area contributed by atoms with Crippen LogP contribution in [0.2, 0.25) is 0 Å². The molecule has 0 aliphatic rings. The molecular weight excluding hydrogens is 380 g/mol. The van der Waals surface area contributed by atoms with Gasteiger partial charge in [-0.1, -0.05) is 0 Å². The van der Waals surface area contributed by atoms with Crippen molar-refractivity contribution in [1.29, 1.82) is 0 Å². The van der Waals surface area contributed by atoms with E-state index in [2.05, 4.69) is 20.6 Å². The van der Waals surface area contributed by atoms with Crippen LogP contribution in [0, 0.1) is 6.92 Å². The molecule has 1 aromatic rings. The summed E-state index contributed by atoms with van der Waals surface area (Å²) >= 11 is 0. The molecule has 2 amide bonds. The number of hydrogen-bond donors (Lipinski definition) is 3. The number of ether oxygens (including phenoxy) is 2. The fourth-order valence-electron chi connectivity index (χ4n) is 2.22. The summed E-state index contributed by atoms with van der Waals surface area (Å²) in [4.78, 5) is 54.5. The quantitative estimate of drug-likeness (QED) is 0.610. The first-order valence-electron chi connectivity index (χ1n) is 9.25. The van der Waals surface area contributed by atoms with Crippen LogP contribution >= 0.6 is 0 Å². The Morgan fingerprint density at radius 3 is 2.21 bits per heavy atom. The van der Waals surface area contributed by atoms with E-state index in [1.165, 1.54) is 6.07 Å². The van der Waals surface area contributed by atoms with Crippen molar-refractivity contribution < 1.29 is 23.9 Å². The van der Waals surface area contributed by atoms with Crippen LogP contribution in [-0.4, -0.2) is 45.2 Å². The van der Waals surface area contributed by atoms with Crippen LogP contribution in [0.3, 0.4) is 0 Å². The van der Waals surface area contributed by atoms with Gasteiger partial charge in [0.2, 0.25) is 5.95 Å². The minimum atomic E-state index is -1.10. The van der Waals surface area contributed by atoms with Crippen LogP contribution in [0.1, 0.15) is 60.1 Å². The largest absolute Gasteiger partial charge is 0.460 e. The Labute approximate surface area is 169 Å². The zero-order valence-electron chi connectivity index (χ0n) is 18.0. The topological polar surface area (TPSA) is 139 Å². The van der Waals surface area contributed by atoms with Gasteiger partial charge in [0, 0.05) is 18.2 Å². The molecule has 1 rings (SSSR count). The van der Waals surface area contributed by atoms with Crippen molar-refractivity contribution in [3.63, 3.8) is 0 Å². The molecular formula is C19H30N4O6. The predicted octanol–water partition coefficient (Wildman–Crippen LogP) is 2.03. The van der Waals surface area contributed by atoms with Crippen LogP contribution in [0.4, 0.5) is 10.7 Å². The number of aryl methyl sites for hydroxylation is 1. The number of aromatic nitrogens is 2. The normalized spacial score (nSPS) is 12.7. The van der Waals surface area contributed by atoms with E-state index in [4.69, 9.17) is 9.47 Å². The summed E-state index contributed by atoms with van der Waals surface area (Å²) in [7, 11) is 0. The van der Waals surface area contributed by atoms with E-state index in [1.54, 1.807) is 48.5 Å². The van der Waals surface area contributed by atoms with Crippen LogP contribution in [0.5, 0.6) is 0 Å². The molecule has 0 fully saturated rings. The van der Waals surface area contributed by atoms with E-state index in [1.807, 2.05) is 0 Å². The van der Waals surface area contributed by atoms with Gasteiger partial charge in [-0.15, -0.1) is 0 Å². The average Bonchev–Trinajstić information content (AvgIpc) is 2.46. The number of esters is 2. The molecule has 0 bridgehead atoms. The van der Waals surface area contributed by atoms with Gasteiger partial charge >= 0.3 is 18.0 Å². The van der Waals surface area contributed by atoms with Crippen molar-refractivity contribution in [2.24, 2.45) is 0 Å². The Balaban J connectivity index is 2.84. The van der Waals surface area contributed by atoms with Crippen molar-refractivity contribution in [3.8, 4) is 0 Å². The van der Waals surface area contributed by atoms with Crippen LogP contribution in [-0.2, 0) is 19.1 Å². The minimum absolute atomic E-state index is 0.0188. The molecule has 0 saturated carbocycles. The highest BCUT2D eigenvalue weighted by atomic mass is 16.6. The van der Waals surface area contributed by atoms with E-state index >= 15 is 0 Å². The highest BCUT2D eigenvalue weighted by molar-refractivity contribution is 5.91. The molecule has 0 saturated heterocycles. The Morgan fingerprint density at radius 2 is 1.69 bits per heavy atom. The van der Waals surface area contributed by atoms with Crippen molar-refractivity contribution in [2.75, 3.05) is 5.32 Å². The number of carbonyl (C=O) groups excluding carboxylic acids is 3. The summed E-state index contributed by atoms with van der Waals surface area (Å²) in [6, 6.07) is -0.606. The lowest BCUT2D eigenvalue weighted by molar-refractivity contribution is -0.158. The molecule has 10 nitrogen and oxygen atoms in total. The van der Waals surface area contributed by atoms with Gasteiger partial charge in [0.1, 0.15) is 17.2 Å². The monoisotopic (exact) mass is 410 g/mol. The highest BCUT2D eigenvalue weighted by Gasteiger charge is 2.28. The number of nitrogens with one attached hydrogen (secondary N) is 3. The minimum Gasteiger partial charge on any atom is -0.460 e. The zero-order chi connectivity index (χ0) is 22.4. The summed E-state index contributed by atoms with van der Waals surface area (Å²) in [5.41, 5.74) is -1.45. The molecule has 162 valence electrons. The molecule has 0 aliphatic heterocycles. The van der Waals surface area contributed by atoms with E-state index in [-0.39, 0.29) is 18.8 Å². The molecule has 1 aromatic heterocycles. The first-order valence-corrected chi connectivity index (χ1v) is 9.25. The van der Waals surface area contributed by atoms with Crippen molar-refractivity contribution in [1.82, 2.24) is 15.3 Å². The highest BCUT2D eigenvalue weighted by Crippen LogP contribution is 2.13. The molecule has 3 N–H and O–H groups in total. The number of aromatic amines is 1. The number of amides is 2. The van der Waals surface area contributed by atoms with Crippen LogP contribution in [0.25, 0.3) is 0 Å². The van der Waals surface area contributed by atoms with Crippen molar-refractivity contribution in [3.05, 3.63) is 22.1 Å². The molecule has 0 radical (unpaired) electrons. The molecule has 0 unspecified atom stereocenters. The van der Waals surface area contributed by atoms with Gasteiger partial charge in [0.05, 0.1) is 0 Å². The number of rotatable bonds is 6. The smallest absolute Gasteiger partial charge is 0.329 e. The molecule has 1 atom stereocenters. The number of hydrogen-bond acceptors (Lipinski definition) is 7. The van der Waals surface area contributed by atoms with Gasteiger partial charge < -0.3 is 19.8 Å². The van der Waals surface area contributed by atoms with Crippen molar-refractivity contribution in [2.45, 2.75) is 78.6 Å². The first kappa shape index (κ1) is 24.1. The molecule has 0 spiro atoms. The van der Waals surface area contributed by atoms with Gasteiger partial charge in [-0.25, -0.2) is 9.59 Å². The third kappa shape index (κ3) is 10.3. The lowest BCUT2D eigenvalue weighted by Gasteiger charge is -2.25. The lowest BCUT2D eigenvalue weighted by Crippen LogP contribution is -2.46. The van der Waals surface area contributed by atoms with Gasteiger partial charge in [-0.05, 0) is 54.9 Å². The maximum absolute atomic E-state index is 12.5. The fourth-order valence-corrected chi connectivity index (χ4v) is 2.22. The summed E-state index contributed by atoms with van der Waals surface area (Å²) in [6.07, 6.45) is -0.115. The molecule has 0 aliphatic carbocycles. The van der Waals surface area contributed by atoms with E-state index < -0.39 is 40.8 Å². The average molecular weight is 410 g/mol. The maximum atomic E-state index is 12.5. The first-order chi connectivity index (χ1) is 13.1. The SMILES string of the molecule is Cc1cc(=O)nc(NC(=O)N[C@@H](CCC(=O)OC(C)(C)C)C(=O)OC(C)(C)C)[nH]1. The predicted molar refractivity (Wildman–Crippen MR) is 106 cm³/mol. The fraction of sp³-hybridized carbons (Fsp3) is 0.632. The number of anilines is 1. The second kappa shape index (κ2) is 9.53. The summed E-state index contributed by atoms with van der Waals surface area (Å²) in [5.74, 6) is -1.26. The van der Waals surface area contributed by atoms with Gasteiger partial charge in [-0.3, -0.25) is 14.9 Å². The molecule has 10 heteroatoms. The van der Waals surface area contributed by atoms with Gasteiger partial charge in [0.25, 0.3) is 5.56 Å². The Hall–Kier alpha value is -2.91. The molecule has 0 aromatic carbocycles. The number of H-pyrrole nitrogens is 1. The Morgan fingerprint density at radius 1 is 1.10 bits per heavy atom. The second-order valence-electron chi connectivity index (χ2n) is 8.56. The maximum Gasteiger partial charge on any atom is 0.329 e. The van der Waals surface area contributed by atoms with Gasteiger partial charge in [-0.2, -0.15) is 4.98 Å². The van der Waals surface area contributed by atoms with E-state index in [0.717, 1.165) is 0 Å². The number of urea groups is 1. The Bertz CT molecular complexity index is 804. The lowest BCUT2D eigenvalue weighted by atomic mass is 10.1. The van der Waals surface area contributed by atoms with Gasteiger partial charge in [0.15, 0.2) is 0 Å². The third-order valence-corrected chi connectivity index (χ3v) is 3.16. The summed E-state index contributed by atoms with van der Waals surface area (Å²) in [5, 5.41) is 4.81. The van der Waals surface area contributed by atoms with Crippen LogP contribution in [0.15, 0.2) is 10.9 Å². The van der Waals surface area contributed by atoms with Crippen molar-refractivity contribution >= 4 is 23.9 Å². The molecule has 1 heterocycles. The molecule has 29 heavy (non-hydrogen) atoms. The number of nitrogens with zero attached hydrogens (tertiary/aromatic N) is 1. The second-order valence-corrected chi connectivity index (χ2v) is 8.56. The number of carbonyl (C=O) groups is 3. The zero-order valence-corrected chi connectivity index (χ0v) is 18.0.